The van der Waals surface area contributed by atoms with Crippen molar-refractivity contribution in [2.24, 2.45) is 11.7 Å². The van der Waals surface area contributed by atoms with Crippen LogP contribution in [0.5, 0.6) is 0 Å². The number of hydrogen-bond donors (Lipinski definition) is 2. The molecule has 0 saturated carbocycles. The van der Waals surface area contributed by atoms with Crippen molar-refractivity contribution < 1.29 is 9.21 Å². The number of piperidine rings is 1. The number of likely N-dealkylation sites (tertiary alicyclic amines) is 1. The van der Waals surface area contributed by atoms with E-state index in [-0.39, 0.29) is 24.2 Å². The predicted molar refractivity (Wildman–Crippen MR) is 104 cm³/mol. The van der Waals surface area contributed by atoms with Crippen LogP contribution in [0.4, 0.5) is 0 Å². The van der Waals surface area contributed by atoms with E-state index in [1.165, 1.54) is 0 Å². The molecule has 142 valence electrons. The topological polar surface area (TPSA) is 84.4 Å². The lowest BCUT2D eigenvalue weighted by molar-refractivity contribution is -0.126. The van der Waals surface area contributed by atoms with Crippen LogP contribution < -0.4 is 11.1 Å². The summed E-state index contributed by atoms with van der Waals surface area (Å²) in [6.07, 6.45) is 3.60. The molecule has 8 heteroatoms. The second-order valence-corrected chi connectivity index (χ2v) is 6.74. The number of amides is 1. The molecule has 2 aromatic rings. The Bertz CT molecular complexity index is 705. The number of nitrogens with one attached hydrogen (secondary N) is 1. The summed E-state index contributed by atoms with van der Waals surface area (Å²) in [6, 6.07) is 7.40. The molecule has 1 saturated heterocycles. The molecule has 0 bridgehead atoms. The van der Waals surface area contributed by atoms with Crippen LogP contribution in [0.2, 0.25) is 5.02 Å². The fourth-order valence-electron chi connectivity index (χ4n) is 3.09. The zero-order chi connectivity index (χ0) is 17.6. The van der Waals surface area contributed by atoms with Gasteiger partial charge in [0.2, 0.25) is 11.8 Å². The van der Waals surface area contributed by atoms with Crippen LogP contribution in [0.3, 0.4) is 0 Å². The molecule has 1 unspecified atom stereocenters. The maximum absolute atomic E-state index is 12.1. The summed E-state index contributed by atoms with van der Waals surface area (Å²) in [5.74, 6) is 0.695. The third kappa shape index (κ3) is 5.45. The predicted octanol–water partition coefficient (Wildman–Crippen LogP) is 2.70. The number of nitrogens with two attached hydrogens (primary N) is 1. The minimum absolute atomic E-state index is 0. The van der Waals surface area contributed by atoms with Crippen molar-refractivity contribution in [2.45, 2.75) is 19.4 Å². The first kappa shape index (κ1) is 20.7. The molecule has 6 nitrogen and oxygen atoms in total. The molecule has 3 N–H and O–H groups in total. The fourth-order valence-corrected chi connectivity index (χ4v) is 3.21. The normalized spacial score (nSPS) is 17.5. The highest BCUT2D eigenvalue weighted by atomic mass is 35.5. The summed E-state index contributed by atoms with van der Waals surface area (Å²) < 4.78 is 5.59. The second kappa shape index (κ2) is 9.92. The van der Waals surface area contributed by atoms with Gasteiger partial charge in [0.15, 0.2) is 0 Å². The molecule has 26 heavy (non-hydrogen) atoms. The van der Waals surface area contributed by atoms with Crippen molar-refractivity contribution in [3.63, 3.8) is 0 Å². The molecule has 0 radical (unpaired) electrons. The van der Waals surface area contributed by atoms with Gasteiger partial charge >= 0.3 is 0 Å². The van der Waals surface area contributed by atoms with Crippen LogP contribution in [0.25, 0.3) is 11.5 Å². The Morgan fingerprint density at radius 1 is 1.38 bits per heavy atom. The van der Waals surface area contributed by atoms with Gasteiger partial charge in [-0.2, -0.15) is 0 Å². The monoisotopic (exact) mass is 398 g/mol. The second-order valence-electron chi connectivity index (χ2n) is 6.30. The summed E-state index contributed by atoms with van der Waals surface area (Å²) in [4.78, 5) is 18.9. The summed E-state index contributed by atoms with van der Waals surface area (Å²) in [7, 11) is 0. The first-order valence-corrected chi connectivity index (χ1v) is 8.94. The minimum Gasteiger partial charge on any atom is -0.444 e. The molecule has 1 atom stereocenters. The zero-order valence-corrected chi connectivity index (χ0v) is 16.1. The Morgan fingerprint density at radius 2 is 2.15 bits per heavy atom. The van der Waals surface area contributed by atoms with E-state index in [0.717, 1.165) is 37.2 Å². The zero-order valence-electron chi connectivity index (χ0n) is 14.5. The van der Waals surface area contributed by atoms with Gasteiger partial charge in [-0.05, 0) is 43.7 Å². The van der Waals surface area contributed by atoms with E-state index in [1.807, 2.05) is 24.3 Å². The van der Waals surface area contributed by atoms with Crippen molar-refractivity contribution in [3.8, 4) is 11.5 Å². The Balaban J connectivity index is 0.00000243. The lowest BCUT2D eigenvalue weighted by Crippen LogP contribution is -2.43. The number of halogens is 2. The van der Waals surface area contributed by atoms with Gasteiger partial charge < -0.3 is 15.5 Å². The number of nitrogens with zero attached hydrogens (tertiary/aromatic N) is 2. The average Bonchev–Trinajstić information content (AvgIpc) is 3.09. The number of oxazole rings is 1. The van der Waals surface area contributed by atoms with Gasteiger partial charge in [-0.1, -0.05) is 11.6 Å². The number of hydrogen-bond acceptors (Lipinski definition) is 5. The van der Waals surface area contributed by atoms with Gasteiger partial charge in [-0.15, -0.1) is 12.4 Å². The summed E-state index contributed by atoms with van der Waals surface area (Å²) in [5, 5.41) is 3.56. The van der Waals surface area contributed by atoms with Gasteiger partial charge in [0.25, 0.3) is 0 Å². The van der Waals surface area contributed by atoms with E-state index in [1.54, 1.807) is 6.26 Å². The standard InChI is InChI=1S/C18H23ClN4O2.ClH/c19-15-5-3-13(4-6-15)18-22-16(12-25-18)11-23-9-1-2-14(10-23)17(24)21-8-7-20;/h3-6,12,14H,1-2,7-11,20H2,(H,21,24);1H. The van der Waals surface area contributed by atoms with Crippen molar-refractivity contribution >= 4 is 29.9 Å². The Morgan fingerprint density at radius 3 is 2.88 bits per heavy atom. The summed E-state index contributed by atoms with van der Waals surface area (Å²) in [6.45, 7) is 3.37. The molecule has 3 rings (SSSR count). The van der Waals surface area contributed by atoms with E-state index < -0.39 is 0 Å². The lowest BCUT2D eigenvalue weighted by Gasteiger charge is -2.31. The van der Waals surface area contributed by atoms with Crippen molar-refractivity contribution in [3.05, 3.63) is 41.2 Å². The van der Waals surface area contributed by atoms with E-state index in [9.17, 15) is 4.79 Å². The van der Waals surface area contributed by atoms with Gasteiger partial charge in [0.1, 0.15) is 6.26 Å². The molecule has 1 amide bonds. The highest BCUT2D eigenvalue weighted by Crippen LogP contribution is 2.23. The van der Waals surface area contributed by atoms with Crippen LogP contribution in [0.1, 0.15) is 18.5 Å². The van der Waals surface area contributed by atoms with Crippen LogP contribution >= 0.6 is 24.0 Å². The molecule has 0 aliphatic carbocycles. The molecule has 1 aromatic carbocycles. The Hall–Kier alpha value is -1.60. The van der Waals surface area contributed by atoms with Crippen molar-refractivity contribution in [1.82, 2.24) is 15.2 Å². The maximum Gasteiger partial charge on any atom is 0.226 e. The molecule has 1 aliphatic rings. The first-order valence-electron chi connectivity index (χ1n) is 8.56. The van der Waals surface area contributed by atoms with Crippen LogP contribution in [-0.4, -0.2) is 42.0 Å². The van der Waals surface area contributed by atoms with E-state index in [2.05, 4.69) is 15.2 Å². The van der Waals surface area contributed by atoms with Crippen LogP contribution in [0, 0.1) is 5.92 Å². The number of aromatic nitrogens is 1. The Labute approximate surface area is 164 Å². The molecular weight excluding hydrogens is 375 g/mol. The van der Waals surface area contributed by atoms with E-state index in [0.29, 0.717) is 30.5 Å². The summed E-state index contributed by atoms with van der Waals surface area (Å²) >= 11 is 5.91. The molecular formula is C18H24Cl2N4O2. The van der Waals surface area contributed by atoms with E-state index in [4.69, 9.17) is 21.8 Å². The van der Waals surface area contributed by atoms with Gasteiger partial charge in [0.05, 0.1) is 11.6 Å². The van der Waals surface area contributed by atoms with Crippen LogP contribution in [0.15, 0.2) is 34.9 Å². The largest absolute Gasteiger partial charge is 0.444 e. The average molecular weight is 399 g/mol. The Kier molecular flexibility index (Phi) is 7.90. The SMILES string of the molecule is Cl.NCCNC(=O)C1CCCN(Cc2coc(-c3ccc(Cl)cc3)n2)C1. The fraction of sp³-hybridized carbons (Fsp3) is 0.444. The van der Waals surface area contributed by atoms with Crippen molar-refractivity contribution in [2.75, 3.05) is 26.2 Å². The lowest BCUT2D eigenvalue weighted by atomic mass is 9.97. The smallest absolute Gasteiger partial charge is 0.226 e. The number of rotatable bonds is 6. The maximum atomic E-state index is 12.1. The number of carbonyl (C=O) groups excluding carboxylic acids is 1. The van der Waals surface area contributed by atoms with Gasteiger partial charge in [-0.25, -0.2) is 4.98 Å². The number of carbonyl (C=O) groups is 1. The van der Waals surface area contributed by atoms with Crippen LogP contribution in [-0.2, 0) is 11.3 Å². The molecule has 2 heterocycles. The highest BCUT2D eigenvalue weighted by Gasteiger charge is 2.26. The first-order chi connectivity index (χ1) is 12.2. The molecule has 1 fully saturated rings. The quantitative estimate of drug-likeness (QED) is 0.781. The third-order valence-electron chi connectivity index (χ3n) is 4.35. The van der Waals surface area contributed by atoms with Crippen molar-refractivity contribution in [1.29, 1.82) is 0 Å². The van der Waals surface area contributed by atoms with E-state index >= 15 is 0 Å². The molecule has 1 aliphatic heterocycles. The minimum atomic E-state index is 0. The summed E-state index contributed by atoms with van der Waals surface area (Å²) in [5.41, 5.74) is 7.21. The van der Waals surface area contributed by atoms with Gasteiger partial charge in [0, 0.05) is 36.8 Å². The third-order valence-corrected chi connectivity index (χ3v) is 4.60. The molecule has 1 aromatic heterocycles. The molecule has 0 spiro atoms. The number of benzene rings is 1. The van der Waals surface area contributed by atoms with Gasteiger partial charge in [-0.3, -0.25) is 9.69 Å². The highest BCUT2D eigenvalue weighted by molar-refractivity contribution is 6.30.